The van der Waals surface area contributed by atoms with Crippen LogP contribution in [0.15, 0.2) is 85.1 Å². The second-order valence-corrected chi connectivity index (χ2v) is 18.2. The van der Waals surface area contributed by atoms with Crippen LogP contribution in [-0.4, -0.2) is 46.9 Å². The lowest BCUT2D eigenvalue weighted by molar-refractivity contribution is -0.150. The molecule has 1 amide bonds. The summed E-state index contributed by atoms with van der Waals surface area (Å²) in [7, 11) is 0. The second kappa shape index (κ2) is 52.0. The molecule has 0 aromatic rings. The molecule has 3 atom stereocenters. The Morgan fingerprint density at radius 3 is 1.29 bits per heavy atom. The van der Waals surface area contributed by atoms with Gasteiger partial charge in [-0.3, -0.25) is 9.59 Å². The summed E-state index contributed by atoms with van der Waals surface area (Å²) in [5.41, 5.74) is 0. The fourth-order valence-corrected chi connectivity index (χ4v) is 7.87. The summed E-state index contributed by atoms with van der Waals surface area (Å²) in [6, 6.07) is -0.735. The molecule has 0 radical (unpaired) electrons. The van der Waals surface area contributed by atoms with E-state index in [1.165, 1.54) is 122 Å². The zero-order chi connectivity index (χ0) is 47.4. The lowest BCUT2D eigenvalue weighted by atomic mass is 10.0. The zero-order valence-corrected chi connectivity index (χ0v) is 42.6. The van der Waals surface area contributed by atoms with E-state index in [9.17, 15) is 19.8 Å². The molecule has 0 heterocycles. The van der Waals surface area contributed by atoms with E-state index in [-0.39, 0.29) is 31.3 Å². The summed E-state index contributed by atoms with van der Waals surface area (Å²) in [6.07, 6.45) is 68.0. The number of rotatable bonds is 48. The molecule has 6 nitrogen and oxygen atoms in total. The third-order valence-electron chi connectivity index (χ3n) is 12.0. The highest BCUT2D eigenvalue weighted by molar-refractivity contribution is 5.77. The maximum atomic E-state index is 13.2. The number of nitrogens with one attached hydrogen (secondary N) is 1. The summed E-state index contributed by atoms with van der Waals surface area (Å²) in [5, 5.41) is 23.8. The van der Waals surface area contributed by atoms with E-state index in [0.717, 1.165) is 77.0 Å². The van der Waals surface area contributed by atoms with Gasteiger partial charge in [0.25, 0.3) is 0 Å². The predicted octanol–water partition coefficient (Wildman–Crippen LogP) is 16.7. The van der Waals surface area contributed by atoms with Gasteiger partial charge in [0.1, 0.15) is 6.10 Å². The van der Waals surface area contributed by atoms with Crippen molar-refractivity contribution in [2.75, 3.05) is 6.61 Å². The van der Waals surface area contributed by atoms with Crippen molar-refractivity contribution in [3.05, 3.63) is 85.1 Å². The van der Waals surface area contributed by atoms with Gasteiger partial charge in [0.15, 0.2) is 0 Å². The number of aliphatic hydroxyl groups is 2. The maximum Gasteiger partial charge on any atom is 0.306 e. The Morgan fingerprint density at radius 1 is 0.462 bits per heavy atom. The number of amides is 1. The Bertz CT molecular complexity index is 1250. The first-order valence-corrected chi connectivity index (χ1v) is 27.3. The molecule has 0 aromatic carbocycles. The number of ether oxygens (including phenoxy) is 1. The number of hydrogen-bond acceptors (Lipinski definition) is 5. The smallest absolute Gasteiger partial charge is 0.306 e. The minimum Gasteiger partial charge on any atom is -0.462 e. The van der Waals surface area contributed by atoms with Crippen LogP contribution in [0, 0.1) is 0 Å². The van der Waals surface area contributed by atoms with Crippen molar-refractivity contribution in [2.45, 2.75) is 270 Å². The average Bonchev–Trinajstić information content (AvgIpc) is 3.30. The van der Waals surface area contributed by atoms with Crippen molar-refractivity contribution in [1.82, 2.24) is 5.32 Å². The molecule has 0 aliphatic rings. The van der Waals surface area contributed by atoms with Crippen molar-refractivity contribution < 1.29 is 24.5 Å². The van der Waals surface area contributed by atoms with Gasteiger partial charge in [-0.05, 0) is 83.5 Å². The number of carbonyl (C=O) groups is 2. The monoisotopic (exact) mass is 906 g/mol. The van der Waals surface area contributed by atoms with Crippen LogP contribution in [0.4, 0.5) is 0 Å². The van der Waals surface area contributed by atoms with Crippen LogP contribution in [0.3, 0.4) is 0 Å². The first-order chi connectivity index (χ1) is 32.0. The molecule has 0 aromatic heterocycles. The Balaban J connectivity index is 4.72. The maximum absolute atomic E-state index is 13.2. The van der Waals surface area contributed by atoms with Crippen LogP contribution in [0.25, 0.3) is 0 Å². The van der Waals surface area contributed by atoms with Crippen LogP contribution >= 0.6 is 0 Å². The highest BCUT2D eigenvalue weighted by Crippen LogP contribution is 2.17. The van der Waals surface area contributed by atoms with Crippen molar-refractivity contribution in [1.29, 1.82) is 0 Å². The molecule has 0 saturated heterocycles. The van der Waals surface area contributed by atoms with Crippen molar-refractivity contribution in [3.63, 3.8) is 0 Å². The molecule has 0 fully saturated rings. The van der Waals surface area contributed by atoms with Gasteiger partial charge in [0.05, 0.1) is 25.2 Å². The van der Waals surface area contributed by atoms with Crippen LogP contribution in [-0.2, 0) is 14.3 Å². The lowest BCUT2D eigenvalue weighted by Crippen LogP contribution is -2.46. The molecule has 0 rings (SSSR count). The molecule has 0 bridgehead atoms. The molecule has 0 aliphatic carbocycles. The first-order valence-electron chi connectivity index (χ1n) is 27.3. The van der Waals surface area contributed by atoms with Crippen molar-refractivity contribution >= 4 is 11.9 Å². The highest BCUT2D eigenvalue weighted by atomic mass is 16.5. The summed E-state index contributed by atoms with van der Waals surface area (Å²) in [4.78, 5) is 26.1. The van der Waals surface area contributed by atoms with Crippen molar-refractivity contribution in [3.8, 4) is 0 Å². The van der Waals surface area contributed by atoms with Crippen LogP contribution in [0.2, 0.25) is 0 Å². The van der Waals surface area contributed by atoms with Gasteiger partial charge in [0, 0.05) is 6.42 Å². The van der Waals surface area contributed by atoms with Gasteiger partial charge in [0.2, 0.25) is 5.91 Å². The van der Waals surface area contributed by atoms with Gasteiger partial charge in [-0.15, -0.1) is 0 Å². The van der Waals surface area contributed by atoms with E-state index >= 15 is 0 Å². The Kier molecular flexibility index (Phi) is 49.6. The molecule has 0 saturated carbocycles. The third kappa shape index (κ3) is 47.3. The topological polar surface area (TPSA) is 95.9 Å². The van der Waals surface area contributed by atoms with Crippen LogP contribution in [0.1, 0.15) is 252 Å². The van der Waals surface area contributed by atoms with Crippen LogP contribution < -0.4 is 5.32 Å². The summed E-state index contributed by atoms with van der Waals surface area (Å²) >= 11 is 0. The summed E-state index contributed by atoms with van der Waals surface area (Å²) < 4.78 is 5.88. The summed E-state index contributed by atoms with van der Waals surface area (Å²) in [6.45, 7) is 6.34. The van der Waals surface area contributed by atoms with E-state index in [1.54, 1.807) is 0 Å². The molecule has 374 valence electrons. The lowest BCUT2D eigenvalue weighted by Gasteiger charge is -2.24. The number of hydrogen-bond donors (Lipinski definition) is 3. The van der Waals surface area contributed by atoms with E-state index in [2.05, 4.69) is 105 Å². The third-order valence-corrected chi connectivity index (χ3v) is 12.0. The fourth-order valence-electron chi connectivity index (χ4n) is 7.87. The van der Waals surface area contributed by atoms with E-state index in [4.69, 9.17) is 4.74 Å². The van der Waals surface area contributed by atoms with Gasteiger partial charge >= 0.3 is 5.97 Å². The minimum atomic E-state index is -0.816. The standard InChI is InChI=1S/C59H103NO5/c1-4-7-10-13-16-19-22-25-27-29-30-33-35-38-41-44-47-50-55(65-59(64)52-49-46-43-40-37-32-24-21-18-15-12-9-6-3)53-58(63)60-56(54-61)57(62)51-48-45-42-39-36-34-31-28-26-23-20-17-14-11-8-5-2/h7,10,16,19,25,27,30,32-33,37-38,41,43,46,55-57,61-62H,4-6,8-9,11-15,17-18,20-24,26,28-29,31,34-36,39-40,42,44-45,47-54H2,1-3H3,(H,60,63)/b10-7-,19-16-,27-25-,33-30-,37-32-,41-38-,46-43+. The molecule has 0 aliphatic heterocycles. The Hall–Kier alpha value is -2.96. The van der Waals surface area contributed by atoms with E-state index in [0.29, 0.717) is 19.3 Å². The number of unbranched alkanes of at least 4 members (excludes halogenated alkanes) is 22. The number of esters is 1. The molecule has 3 unspecified atom stereocenters. The SMILES string of the molecule is CC/C=C\C/C=C\C/C=C\C/C=C\C/C=C\CCCC(CC(=O)NC(CO)C(O)CCCCCCCCCCCCCCCCCC)OC(=O)CC/C=C/C/C=C\CCCCCCCC. The largest absolute Gasteiger partial charge is 0.462 e. The molecule has 6 heteroatoms. The quantitative estimate of drug-likeness (QED) is 0.0321. The highest BCUT2D eigenvalue weighted by Gasteiger charge is 2.24. The van der Waals surface area contributed by atoms with Crippen LogP contribution in [0.5, 0.6) is 0 Å². The number of allylic oxidation sites excluding steroid dienone is 14. The predicted molar refractivity (Wildman–Crippen MR) is 282 cm³/mol. The normalized spacial score (nSPS) is 13.9. The van der Waals surface area contributed by atoms with Gasteiger partial charge in [-0.25, -0.2) is 0 Å². The Labute approximate surface area is 402 Å². The van der Waals surface area contributed by atoms with Gasteiger partial charge in [-0.1, -0.05) is 241 Å². The Morgan fingerprint density at radius 2 is 0.846 bits per heavy atom. The van der Waals surface area contributed by atoms with Gasteiger partial charge < -0.3 is 20.3 Å². The van der Waals surface area contributed by atoms with E-state index < -0.39 is 18.2 Å². The second-order valence-electron chi connectivity index (χ2n) is 18.2. The molecule has 65 heavy (non-hydrogen) atoms. The summed E-state index contributed by atoms with van der Waals surface area (Å²) in [5.74, 6) is -0.612. The minimum absolute atomic E-state index is 0.0128. The average molecular weight is 906 g/mol. The number of aliphatic hydroxyl groups excluding tert-OH is 2. The number of carbonyl (C=O) groups excluding carboxylic acids is 2. The molecular formula is C59H103NO5. The van der Waals surface area contributed by atoms with E-state index in [1.807, 2.05) is 6.08 Å². The first kappa shape index (κ1) is 62.0. The molecule has 3 N–H and O–H groups in total. The fraction of sp³-hybridized carbons (Fsp3) is 0.729. The molecule has 0 spiro atoms. The van der Waals surface area contributed by atoms with Gasteiger partial charge in [-0.2, -0.15) is 0 Å². The van der Waals surface area contributed by atoms with Crippen molar-refractivity contribution in [2.24, 2.45) is 0 Å². The zero-order valence-electron chi connectivity index (χ0n) is 42.6. The molecular weight excluding hydrogens is 803 g/mol.